The lowest BCUT2D eigenvalue weighted by atomic mass is 9.98. The molecule has 22 heavy (non-hydrogen) atoms. The fourth-order valence-electron chi connectivity index (χ4n) is 2.71. The van der Waals surface area contributed by atoms with Crippen molar-refractivity contribution in [3.05, 3.63) is 52.2 Å². The monoisotopic (exact) mass is 337 g/mol. The largest absolute Gasteiger partial charge is 0.306 e. The fourth-order valence-corrected chi connectivity index (χ4v) is 3.65. The van der Waals surface area contributed by atoms with Crippen molar-refractivity contribution >= 4 is 29.8 Å². The van der Waals surface area contributed by atoms with Crippen LogP contribution < -0.4 is 0 Å². The van der Waals surface area contributed by atoms with Crippen LogP contribution in [0.5, 0.6) is 0 Å². The third-order valence-corrected chi connectivity index (χ3v) is 5.08. The number of hydrogen-bond acceptors (Lipinski definition) is 2. The molecular formula is C18H21ClFNS. The van der Waals surface area contributed by atoms with Gasteiger partial charge in [-0.3, -0.25) is 0 Å². The second kappa shape index (κ2) is 7.40. The molecule has 1 saturated heterocycles. The number of likely N-dealkylation sites (tertiary alicyclic amines) is 1. The lowest BCUT2D eigenvalue weighted by Crippen LogP contribution is -2.26. The van der Waals surface area contributed by atoms with E-state index in [4.69, 9.17) is 0 Å². The van der Waals surface area contributed by atoms with Crippen LogP contribution in [0.3, 0.4) is 0 Å². The van der Waals surface area contributed by atoms with Crippen molar-refractivity contribution in [2.75, 3.05) is 20.1 Å². The Balaban J connectivity index is 0.00000176. The predicted octanol–water partition coefficient (Wildman–Crippen LogP) is 5.39. The molecule has 0 saturated carbocycles. The van der Waals surface area contributed by atoms with E-state index < -0.39 is 0 Å². The van der Waals surface area contributed by atoms with Gasteiger partial charge in [0.25, 0.3) is 0 Å². The van der Waals surface area contributed by atoms with Crippen LogP contribution in [0, 0.1) is 12.7 Å². The van der Waals surface area contributed by atoms with E-state index in [1.54, 1.807) is 23.5 Å². The SMILES string of the molecule is Cc1csc(-c2cc(F)ccc2C=C2CCN(C)CC2)c1.Cl. The van der Waals surface area contributed by atoms with Crippen LogP contribution in [0.2, 0.25) is 0 Å². The van der Waals surface area contributed by atoms with E-state index >= 15 is 0 Å². The zero-order chi connectivity index (χ0) is 14.8. The maximum atomic E-state index is 13.6. The maximum absolute atomic E-state index is 13.6. The number of aryl methyl sites for hydroxylation is 1. The summed E-state index contributed by atoms with van der Waals surface area (Å²) in [5, 5.41) is 2.12. The van der Waals surface area contributed by atoms with Crippen LogP contribution in [0.25, 0.3) is 16.5 Å². The van der Waals surface area contributed by atoms with Crippen LogP contribution in [0.1, 0.15) is 24.0 Å². The van der Waals surface area contributed by atoms with E-state index in [9.17, 15) is 4.39 Å². The molecule has 1 aromatic carbocycles. The smallest absolute Gasteiger partial charge is 0.123 e. The number of thiophene rings is 1. The van der Waals surface area contributed by atoms with E-state index in [2.05, 4.69) is 36.4 Å². The summed E-state index contributed by atoms with van der Waals surface area (Å²) in [4.78, 5) is 3.50. The Bertz CT molecular complexity index is 667. The molecule has 0 radical (unpaired) electrons. The standard InChI is InChI=1S/C18H20FNS.ClH/c1-13-9-18(21-12-13)17-11-16(19)4-3-15(17)10-14-5-7-20(2)8-6-14;/h3-4,9-12H,5-8H2,1-2H3;1H. The first-order valence-electron chi connectivity index (χ1n) is 7.35. The van der Waals surface area contributed by atoms with Crippen molar-refractivity contribution in [3.8, 4) is 10.4 Å². The van der Waals surface area contributed by atoms with Gasteiger partial charge in [-0.15, -0.1) is 23.7 Å². The van der Waals surface area contributed by atoms with E-state index in [1.807, 2.05) is 6.07 Å². The second-order valence-electron chi connectivity index (χ2n) is 5.83. The molecule has 3 rings (SSSR count). The number of nitrogens with zero attached hydrogens (tertiary/aromatic N) is 1. The van der Waals surface area contributed by atoms with Gasteiger partial charge in [0.05, 0.1) is 0 Å². The highest BCUT2D eigenvalue weighted by molar-refractivity contribution is 7.13. The number of piperidine rings is 1. The molecule has 0 amide bonds. The van der Waals surface area contributed by atoms with Gasteiger partial charge in [0.15, 0.2) is 0 Å². The topological polar surface area (TPSA) is 3.24 Å². The van der Waals surface area contributed by atoms with Gasteiger partial charge in [-0.25, -0.2) is 4.39 Å². The van der Waals surface area contributed by atoms with Crippen molar-refractivity contribution in [2.45, 2.75) is 19.8 Å². The Hall–Kier alpha value is -1.16. The van der Waals surface area contributed by atoms with Crippen LogP contribution >= 0.6 is 23.7 Å². The number of benzene rings is 1. The Morgan fingerprint density at radius 2 is 1.91 bits per heavy atom. The Labute approximate surface area is 141 Å². The molecule has 118 valence electrons. The summed E-state index contributed by atoms with van der Waals surface area (Å²) in [7, 11) is 2.16. The quantitative estimate of drug-likeness (QED) is 0.709. The molecule has 1 fully saturated rings. The third-order valence-electron chi connectivity index (χ3n) is 4.00. The van der Waals surface area contributed by atoms with Gasteiger partial charge in [0, 0.05) is 23.5 Å². The zero-order valence-corrected chi connectivity index (χ0v) is 14.6. The lowest BCUT2D eigenvalue weighted by Gasteiger charge is -2.24. The van der Waals surface area contributed by atoms with Crippen LogP contribution in [-0.2, 0) is 0 Å². The van der Waals surface area contributed by atoms with Crippen molar-refractivity contribution < 1.29 is 4.39 Å². The van der Waals surface area contributed by atoms with Gasteiger partial charge in [-0.05, 0) is 61.5 Å². The molecule has 0 unspecified atom stereocenters. The molecule has 1 aromatic heterocycles. The summed E-state index contributed by atoms with van der Waals surface area (Å²) < 4.78 is 13.6. The van der Waals surface area contributed by atoms with Crippen LogP contribution in [-0.4, -0.2) is 25.0 Å². The molecule has 0 spiro atoms. The van der Waals surface area contributed by atoms with Crippen molar-refractivity contribution in [3.63, 3.8) is 0 Å². The summed E-state index contributed by atoms with van der Waals surface area (Å²) in [6, 6.07) is 7.26. The van der Waals surface area contributed by atoms with E-state index in [0.29, 0.717) is 0 Å². The Morgan fingerprint density at radius 1 is 1.18 bits per heavy atom. The summed E-state index contributed by atoms with van der Waals surface area (Å²) in [6.45, 7) is 4.30. The first-order chi connectivity index (χ1) is 10.1. The first kappa shape index (κ1) is 17.2. The predicted molar refractivity (Wildman–Crippen MR) is 96.4 cm³/mol. The minimum Gasteiger partial charge on any atom is -0.306 e. The normalized spacial score (nSPS) is 15.5. The first-order valence-corrected chi connectivity index (χ1v) is 8.23. The molecule has 1 aliphatic heterocycles. The highest BCUT2D eigenvalue weighted by Crippen LogP contribution is 2.32. The Morgan fingerprint density at radius 3 is 2.55 bits per heavy atom. The van der Waals surface area contributed by atoms with Crippen LogP contribution in [0.4, 0.5) is 4.39 Å². The molecule has 1 aliphatic rings. The van der Waals surface area contributed by atoms with Crippen molar-refractivity contribution in [1.29, 1.82) is 0 Å². The highest BCUT2D eigenvalue weighted by Gasteiger charge is 2.12. The molecule has 0 atom stereocenters. The molecule has 1 nitrogen and oxygen atoms in total. The second-order valence-corrected chi connectivity index (χ2v) is 6.74. The molecule has 0 bridgehead atoms. The van der Waals surface area contributed by atoms with Gasteiger partial charge < -0.3 is 4.90 Å². The van der Waals surface area contributed by atoms with E-state index in [1.165, 1.54) is 11.1 Å². The van der Waals surface area contributed by atoms with Crippen LogP contribution in [0.15, 0.2) is 35.2 Å². The molecule has 2 aromatic rings. The van der Waals surface area contributed by atoms with Gasteiger partial charge in [-0.1, -0.05) is 17.7 Å². The maximum Gasteiger partial charge on any atom is 0.123 e. The van der Waals surface area contributed by atoms with Crippen molar-refractivity contribution in [2.24, 2.45) is 0 Å². The summed E-state index contributed by atoms with van der Waals surface area (Å²) in [6.07, 6.45) is 4.48. The van der Waals surface area contributed by atoms with E-state index in [-0.39, 0.29) is 18.2 Å². The molecule has 0 N–H and O–H groups in total. The molecular weight excluding hydrogens is 317 g/mol. The van der Waals surface area contributed by atoms with Gasteiger partial charge >= 0.3 is 0 Å². The minimum absolute atomic E-state index is 0. The average molecular weight is 338 g/mol. The summed E-state index contributed by atoms with van der Waals surface area (Å²) in [5.41, 5.74) is 4.85. The lowest BCUT2D eigenvalue weighted by molar-refractivity contribution is 0.313. The highest BCUT2D eigenvalue weighted by atomic mass is 35.5. The number of hydrogen-bond donors (Lipinski definition) is 0. The molecule has 0 aliphatic carbocycles. The van der Waals surface area contributed by atoms with Gasteiger partial charge in [0.2, 0.25) is 0 Å². The fraction of sp³-hybridized carbons (Fsp3) is 0.333. The Kier molecular flexibility index (Phi) is 5.79. The molecule has 2 heterocycles. The zero-order valence-electron chi connectivity index (χ0n) is 12.9. The number of rotatable bonds is 2. The average Bonchev–Trinajstić information content (AvgIpc) is 2.90. The van der Waals surface area contributed by atoms with E-state index in [0.717, 1.165) is 41.9 Å². The number of halogens is 2. The third kappa shape index (κ3) is 3.97. The van der Waals surface area contributed by atoms with Crippen molar-refractivity contribution in [1.82, 2.24) is 4.90 Å². The molecule has 4 heteroatoms. The van der Waals surface area contributed by atoms with Gasteiger partial charge in [0.1, 0.15) is 5.82 Å². The summed E-state index contributed by atoms with van der Waals surface area (Å²) in [5.74, 6) is -0.165. The minimum atomic E-state index is -0.165. The summed E-state index contributed by atoms with van der Waals surface area (Å²) >= 11 is 1.68. The van der Waals surface area contributed by atoms with Gasteiger partial charge in [-0.2, -0.15) is 0 Å².